The molecule has 1 unspecified atom stereocenters. The molecule has 0 aromatic carbocycles. The molecule has 2 rings (SSSR count). The molecule has 2 heterocycles. The predicted molar refractivity (Wildman–Crippen MR) is 77.7 cm³/mol. The number of amides is 1. The maximum absolute atomic E-state index is 12.2. The van der Waals surface area contributed by atoms with Gasteiger partial charge >= 0.3 is 0 Å². The summed E-state index contributed by atoms with van der Waals surface area (Å²) < 4.78 is 0.970. The van der Waals surface area contributed by atoms with Gasteiger partial charge in [-0.05, 0) is 28.1 Å². The Morgan fingerprint density at radius 1 is 1.58 bits per heavy atom. The average molecular weight is 327 g/mol. The van der Waals surface area contributed by atoms with Gasteiger partial charge in [0.25, 0.3) is 0 Å². The molecule has 5 nitrogen and oxygen atoms in total. The summed E-state index contributed by atoms with van der Waals surface area (Å²) in [5.74, 6) is 0.143. The van der Waals surface area contributed by atoms with Gasteiger partial charge in [-0.25, -0.2) is 0 Å². The second kappa shape index (κ2) is 6.45. The SMILES string of the molecule is CN(C)C(=O)C1CNCCN1Cc1ccc(Br)cn1. The third-order valence-corrected chi connectivity index (χ3v) is 3.70. The van der Waals surface area contributed by atoms with Crippen molar-refractivity contribution < 1.29 is 4.79 Å². The van der Waals surface area contributed by atoms with E-state index >= 15 is 0 Å². The quantitative estimate of drug-likeness (QED) is 0.888. The lowest BCUT2D eigenvalue weighted by atomic mass is 10.1. The molecule has 104 valence electrons. The first-order valence-corrected chi connectivity index (χ1v) is 7.13. The first-order chi connectivity index (χ1) is 9.08. The largest absolute Gasteiger partial charge is 0.347 e. The Hall–Kier alpha value is -0.980. The summed E-state index contributed by atoms with van der Waals surface area (Å²) in [6.07, 6.45) is 1.79. The van der Waals surface area contributed by atoms with E-state index in [-0.39, 0.29) is 11.9 Å². The second-order valence-corrected chi connectivity index (χ2v) is 5.81. The van der Waals surface area contributed by atoms with Gasteiger partial charge in [0.2, 0.25) is 5.91 Å². The summed E-state index contributed by atoms with van der Waals surface area (Å²) in [5.41, 5.74) is 0.988. The van der Waals surface area contributed by atoms with Crippen molar-refractivity contribution in [2.75, 3.05) is 33.7 Å². The van der Waals surface area contributed by atoms with E-state index in [0.29, 0.717) is 13.1 Å². The summed E-state index contributed by atoms with van der Waals surface area (Å²) in [7, 11) is 3.60. The number of piperazine rings is 1. The molecule has 0 radical (unpaired) electrons. The Bertz CT molecular complexity index is 435. The zero-order valence-corrected chi connectivity index (χ0v) is 12.9. The standard InChI is InChI=1S/C13H19BrN4O/c1-17(2)13(19)12-8-15-5-6-18(12)9-11-4-3-10(14)7-16-11/h3-4,7,12,15H,5-6,8-9H2,1-2H3. The zero-order chi connectivity index (χ0) is 13.8. The highest BCUT2D eigenvalue weighted by atomic mass is 79.9. The minimum Gasteiger partial charge on any atom is -0.347 e. The molecule has 1 aromatic heterocycles. The summed E-state index contributed by atoms with van der Waals surface area (Å²) in [6.45, 7) is 3.18. The molecule has 0 spiro atoms. The van der Waals surface area contributed by atoms with Gasteiger partial charge in [0.1, 0.15) is 6.04 Å². The second-order valence-electron chi connectivity index (χ2n) is 4.89. The van der Waals surface area contributed by atoms with Crippen LogP contribution in [0.4, 0.5) is 0 Å². The molecule has 6 heteroatoms. The van der Waals surface area contributed by atoms with Crippen molar-refractivity contribution in [2.45, 2.75) is 12.6 Å². The molecular weight excluding hydrogens is 308 g/mol. The van der Waals surface area contributed by atoms with E-state index in [4.69, 9.17) is 0 Å². The van der Waals surface area contributed by atoms with Crippen molar-refractivity contribution in [2.24, 2.45) is 0 Å². The summed E-state index contributed by atoms with van der Waals surface area (Å²) in [4.78, 5) is 20.4. The smallest absolute Gasteiger partial charge is 0.240 e. The van der Waals surface area contributed by atoms with Crippen LogP contribution in [0.1, 0.15) is 5.69 Å². The molecule has 1 aliphatic rings. The maximum atomic E-state index is 12.2. The number of rotatable bonds is 3. The van der Waals surface area contributed by atoms with Crippen molar-refractivity contribution >= 4 is 21.8 Å². The highest BCUT2D eigenvalue weighted by Gasteiger charge is 2.29. The summed E-state index contributed by atoms with van der Waals surface area (Å²) in [6, 6.07) is 3.87. The molecule has 1 amide bonds. The number of hydrogen-bond acceptors (Lipinski definition) is 4. The molecule has 0 saturated carbocycles. The van der Waals surface area contributed by atoms with E-state index in [9.17, 15) is 4.79 Å². The van der Waals surface area contributed by atoms with Gasteiger partial charge in [0.05, 0.1) is 5.69 Å². The molecule has 1 saturated heterocycles. The number of hydrogen-bond donors (Lipinski definition) is 1. The monoisotopic (exact) mass is 326 g/mol. The lowest BCUT2D eigenvalue weighted by Crippen LogP contribution is -2.57. The van der Waals surface area contributed by atoms with Crippen LogP contribution in [-0.4, -0.2) is 60.5 Å². The van der Waals surface area contributed by atoms with Gasteiger partial charge in [-0.2, -0.15) is 0 Å². The lowest BCUT2D eigenvalue weighted by Gasteiger charge is -2.36. The number of pyridine rings is 1. The van der Waals surface area contributed by atoms with E-state index in [2.05, 4.69) is 31.1 Å². The fourth-order valence-electron chi connectivity index (χ4n) is 2.19. The van der Waals surface area contributed by atoms with Crippen LogP contribution >= 0.6 is 15.9 Å². The fraction of sp³-hybridized carbons (Fsp3) is 0.538. The molecule has 1 atom stereocenters. The molecule has 1 fully saturated rings. The third kappa shape index (κ3) is 3.75. The highest BCUT2D eigenvalue weighted by molar-refractivity contribution is 9.10. The summed E-state index contributed by atoms with van der Waals surface area (Å²) in [5, 5.41) is 3.28. The van der Waals surface area contributed by atoms with Gasteiger partial charge in [0, 0.05) is 50.9 Å². The number of nitrogens with zero attached hydrogens (tertiary/aromatic N) is 3. The van der Waals surface area contributed by atoms with Crippen LogP contribution in [0.2, 0.25) is 0 Å². The minimum atomic E-state index is -0.103. The van der Waals surface area contributed by atoms with Crippen LogP contribution in [0.25, 0.3) is 0 Å². The van der Waals surface area contributed by atoms with E-state index in [0.717, 1.165) is 23.3 Å². The topological polar surface area (TPSA) is 48.5 Å². The minimum absolute atomic E-state index is 0.103. The Kier molecular flexibility index (Phi) is 4.90. The Morgan fingerprint density at radius 3 is 3.00 bits per heavy atom. The van der Waals surface area contributed by atoms with Gasteiger partial charge in [-0.3, -0.25) is 14.7 Å². The van der Waals surface area contributed by atoms with Gasteiger partial charge in [-0.1, -0.05) is 0 Å². The normalized spacial score (nSPS) is 20.3. The third-order valence-electron chi connectivity index (χ3n) is 3.23. The lowest BCUT2D eigenvalue weighted by molar-refractivity contribution is -0.135. The Labute approximate surface area is 122 Å². The molecule has 1 aromatic rings. The van der Waals surface area contributed by atoms with Crippen molar-refractivity contribution in [1.82, 2.24) is 20.1 Å². The van der Waals surface area contributed by atoms with Gasteiger partial charge < -0.3 is 10.2 Å². The highest BCUT2D eigenvalue weighted by Crippen LogP contribution is 2.13. The molecule has 1 N–H and O–H groups in total. The van der Waals surface area contributed by atoms with E-state index in [1.165, 1.54) is 0 Å². The first-order valence-electron chi connectivity index (χ1n) is 6.34. The van der Waals surface area contributed by atoms with Crippen molar-refractivity contribution in [3.63, 3.8) is 0 Å². The zero-order valence-electron chi connectivity index (χ0n) is 11.3. The molecule has 19 heavy (non-hydrogen) atoms. The first kappa shape index (κ1) is 14.4. The fourth-order valence-corrected chi connectivity index (χ4v) is 2.42. The van der Waals surface area contributed by atoms with Crippen LogP contribution in [0, 0.1) is 0 Å². The predicted octanol–water partition coefficient (Wildman–Crippen LogP) is 0.706. The van der Waals surface area contributed by atoms with E-state index in [1.54, 1.807) is 25.2 Å². The van der Waals surface area contributed by atoms with Gasteiger partial charge in [-0.15, -0.1) is 0 Å². The van der Waals surface area contributed by atoms with Crippen molar-refractivity contribution in [3.8, 4) is 0 Å². The molecule has 0 bridgehead atoms. The van der Waals surface area contributed by atoms with Crippen LogP contribution in [0.5, 0.6) is 0 Å². The number of carbonyl (C=O) groups excluding carboxylic acids is 1. The van der Waals surface area contributed by atoms with Crippen LogP contribution in [0.3, 0.4) is 0 Å². The van der Waals surface area contributed by atoms with Crippen molar-refractivity contribution in [3.05, 3.63) is 28.5 Å². The Balaban J connectivity index is 2.07. The van der Waals surface area contributed by atoms with Crippen molar-refractivity contribution in [1.29, 1.82) is 0 Å². The number of nitrogens with one attached hydrogen (secondary N) is 1. The molecular formula is C13H19BrN4O. The average Bonchev–Trinajstić information content (AvgIpc) is 2.41. The van der Waals surface area contributed by atoms with E-state index in [1.807, 2.05) is 12.1 Å². The number of aromatic nitrogens is 1. The number of carbonyl (C=O) groups is 1. The summed E-state index contributed by atoms with van der Waals surface area (Å²) >= 11 is 3.38. The van der Waals surface area contributed by atoms with Crippen LogP contribution in [0.15, 0.2) is 22.8 Å². The Morgan fingerprint density at radius 2 is 2.37 bits per heavy atom. The maximum Gasteiger partial charge on any atom is 0.240 e. The van der Waals surface area contributed by atoms with Crippen LogP contribution in [-0.2, 0) is 11.3 Å². The molecule has 0 aliphatic carbocycles. The van der Waals surface area contributed by atoms with E-state index < -0.39 is 0 Å². The number of halogens is 1. The van der Waals surface area contributed by atoms with Gasteiger partial charge in [0.15, 0.2) is 0 Å². The number of likely N-dealkylation sites (N-methyl/N-ethyl adjacent to an activating group) is 1. The van der Waals surface area contributed by atoms with Crippen LogP contribution < -0.4 is 5.32 Å². The molecule has 1 aliphatic heterocycles.